The molecular formula is C18H25FN2O3. The molecule has 2 heterocycles. The van der Waals surface area contributed by atoms with Gasteiger partial charge in [0, 0.05) is 44.9 Å². The molecule has 0 unspecified atom stereocenters. The number of hydrogen-bond donors (Lipinski definition) is 1. The molecule has 0 spiro atoms. The van der Waals surface area contributed by atoms with E-state index in [2.05, 4.69) is 4.90 Å². The lowest BCUT2D eigenvalue weighted by molar-refractivity contribution is -0.160. The Morgan fingerprint density at radius 2 is 2.00 bits per heavy atom. The minimum atomic E-state index is -1.38. The van der Waals surface area contributed by atoms with Gasteiger partial charge >= 0.3 is 0 Å². The van der Waals surface area contributed by atoms with Crippen LogP contribution in [0.2, 0.25) is 0 Å². The first-order valence-electron chi connectivity index (χ1n) is 8.64. The van der Waals surface area contributed by atoms with Crippen molar-refractivity contribution in [2.24, 2.45) is 0 Å². The Hall–Kier alpha value is -1.50. The maximum Gasteiger partial charge on any atom is 0.256 e. The van der Waals surface area contributed by atoms with Crippen molar-refractivity contribution in [2.75, 3.05) is 39.4 Å². The topological polar surface area (TPSA) is 53.0 Å². The Kier molecular flexibility index (Phi) is 5.48. The second kappa shape index (κ2) is 7.59. The molecule has 1 atom stereocenters. The van der Waals surface area contributed by atoms with Crippen molar-refractivity contribution in [2.45, 2.75) is 31.4 Å². The average Bonchev–Trinajstić information content (AvgIpc) is 2.82. The van der Waals surface area contributed by atoms with E-state index >= 15 is 0 Å². The molecule has 5 nitrogen and oxygen atoms in total. The van der Waals surface area contributed by atoms with E-state index in [4.69, 9.17) is 4.74 Å². The normalized spacial score (nSPS) is 26.4. The number of ether oxygens (including phenoxy) is 1. The van der Waals surface area contributed by atoms with E-state index in [1.54, 1.807) is 23.1 Å². The van der Waals surface area contributed by atoms with Gasteiger partial charge in [0.05, 0.1) is 6.61 Å². The monoisotopic (exact) mass is 336 g/mol. The van der Waals surface area contributed by atoms with Crippen LogP contribution in [0.25, 0.3) is 0 Å². The molecule has 2 saturated heterocycles. The molecule has 3 rings (SSSR count). The van der Waals surface area contributed by atoms with Crippen molar-refractivity contribution in [3.8, 4) is 0 Å². The predicted octanol–water partition coefficient (Wildman–Crippen LogP) is 1.40. The predicted molar refractivity (Wildman–Crippen MR) is 87.9 cm³/mol. The second-order valence-corrected chi connectivity index (χ2v) is 6.70. The highest BCUT2D eigenvalue weighted by atomic mass is 19.1. The Labute approximate surface area is 142 Å². The number of amides is 1. The van der Waals surface area contributed by atoms with Gasteiger partial charge in [-0.2, -0.15) is 0 Å². The SMILES string of the molecule is O=C1N(Cc2ccccc2F)CCC[C@@]1(O)CN1CCCOCC1. The number of likely N-dealkylation sites (tertiary alicyclic amines) is 1. The molecule has 1 aromatic rings. The standard InChI is InChI=1S/C18H25FN2O3/c19-16-6-2-1-5-15(16)13-21-9-3-7-18(23,17(21)22)14-20-8-4-11-24-12-10-20/h1-2,5-6,23H,3-4,7-14H2/t18-/m1/s1. The summed E-state index contributed by atoms with van der Waals surface area (Å²) in [4.78, 5) is 16.5. The molecule has 1 aromatic carbocycles. The maximum atomic E-state index is 13.9. The Morgan fingerprint density at radius 1 is 1.17 bits per heavy atom. The molecule has 0 aliphatic carbocycles. The Morgan fingerprint density at radius 3 is 2.83 bits per heavy atom. The summed E-state index contributed by atoms with van der Waals surface area (Å²) < 4.78 is 19.3. The number of piperidine rings is 1. The van der Waals surface area contributed by atoms with E-state index in [1.165, 1.54) is 6.07 Å². The van der Waals surface area contributed by atoms with Crippen molar-refractivity contribution >= 4 is 5.91 Å². The van der Waals surface area contributed by atoms with Crippen molar-refractivity contribution in [1.29, 1.82) is 0 Å². The molecular weight excluding hydrogens is 311 g/mol. The van der Waals surface area contributed by atoms with Crippen LogP contribution >= 0.6 is 0 Å². The van der Waals surface area contributed by atoms with E-state index in [9.17, 15) is 14.3 Å². The van der Waals surface area contributed by atoms with Gasteiger partial charge in [-0.1, -0.05) is 18.2 Å². The molecule has 2 fully saturated rings. The molecule has 2 aliphatic rings. The molecule has 0 saturated carbocycles. The number of benzene rings is 1. The molecule has 0 radical (unpaired) electrons. The highest BCUT2D eigenvalue weighted by Gasteiger charge is 2.43. The Balaban J connectivity index is 1.68. The van der Waals surface area contributed by atoms with E-state index in [-0.39, 0.29) is 18.3 Å². The fourth-order valence-corrected chi connectivity index (χ4v) is 3.52. The van der Waals surface area contributed by atoms with Gasteiger partial charge in [-0.25, -0.2) is 4.39 Å². The van der Waals surface area contributed by atoms with Crippen LogP contribution in [0.1, 0.15) is 24.8 Å². The van der Waals surface area contributed by atoms with Crippen molar-refractivity contribution in [3.05, 3.63) is 35.6 Å². The summed E-state index contributed by atoms with van der Waals surface area (Å²) in [5.74, 6) is -0.605. The van der Waals surface area contributed by atoms with Crippen LogP contribution in [0, 0.1) is 5.82 Å². The lowest BCUT2D eigenvalue weighted by atomic mass is 9.90. The summed E-state index contributed by atoms with van der Waals surface area (Å²) >= 11 is 0. The lowest BCUT2D eigenvalue weighted by Gasteiger charge is -2.40. The third-order valence-electron chi connectivity index (χ3n) is 4.82. The zero-order chi connectivity index (χ0) is 17.0. The summed E-state index contributed by atoms with van der Waals surface area (Å²) in [6.07, 6.45) is 2.08. The van der Waals surface area contributed by atoms with Gasteiger partial charge in [0.15, 0.2) is 5.60 Å². The zero-order valence-electron chi connectivity index (χ0n) is 13.9. The van der Waals surface area contributed by atoms with Gasteiger partial charge in [0.25, 0.3) is 5.91 Å². The summed E-state index contributed by atoms with van der Waals surface area (Å²) in [7, 11) is 0. The van der Waals surface area contributed by atoms with Crippen molar-refractivity contribution in [3.63, 3.8) is 0 Å². The molecule has 24 heavy (non-hydrogen) atoms. The van der Waals surface area contributed by atoms with Crippen LogP contribution in [0.3, 0.4) is 0 Å². The fourth-order valence-electron chi connectivity index (χ4n) is 3.52. The molecule has 0 bridgehead atoms. The first kappa shape index (κ1) is 17.3. The first-order valence-corrected chi connectivity index (χ1v) is 8.64. The van der Waals surface area contributed by atoms with Crippen LogP contribution in [-0.4, -0.2) is 65.8 Å². The maximum absolute atomic E-state index is 13.9. The van der Waals surface area contributed by atoms with E-state index in [0.29, 0.717) is 31.7 Å². The van der Waals surface area contributed by atoms with Gasteiger partial charge in [-0.05, 0) is 25.3 Å². The quantitative estimate of drug-likeness (QED) is 0.903. The number of aliphatic hydroxyl groups is 1. The van der Waals surface area contributed by atoms with Gasteiger partial charge in [0.2, 0.25) is 0 Å². The number of carbonyl (C=O) groups excluding carboxylic acids is 1. The van der Waals surface area contributed by atoms with Crippen LogP contribution in [0.15, 0.2) is 24.3 Å². The van der Waals surface area contributed by atoms with Crippen LogP contribution < -0.4 is 0 Å². The largest absolute Gasteiger partial charge is 0.380 e. The fraction of sp³-hybridized carbons (Fsp3) is 0.611. The molecule has 1 amide bonds. The van der Waals surface area contributed by atoms with E-state index < -0.39 is 5.60 Å². The highest BCUT2D eigenvalue weighted by molar-refractivity contribution is 5.86. The van der Waals surface area contributed by atoms with Gasteiger partial charge in [0.1, 0.15) is 5.82 Å². The summed E-state index contributed by atoms with van der Waals surface area (Å²) in [6, 6.07) is 6.47. The third-order valence-corrected chi connectivity index (χ3v) is 4.82. The highest BCUT2D eigenvalue weighted by Crippen LogP contribution is 2.26. The van der Waals surface area contributed by atoms with E-state index in [0.717, 1.165) is 32.5 Å². The smallest absolute Gasteiger partial charge is 0.256 e. The van der Waals surface area contributed by atoms with Crippen LogP contribution in [-0.2, 0) is 16.1 Å². The van der Waals surface area contributed by atoms with E-state index in [1.807, 2.05) is 0 Å². The summed E-state index contributed by atoms with van der Waals surface area (Å²) in [5.41, 5.74) is -0.897. The second-order valence-electron chi connectivity index (χ2n) is 6.70. The van der Waals surface area contributed by atoms with Crippen LogP contribution in [0.5, 0.6) is 0 Å². The number of carbonyl (C=O) groups is 1. The number of halogens is 1. The number of hydrogen-bond acceptors (Lipinski definition) is 4. The third kappa shape index (κ3) is 3.94. The van der Waals surface area contributed by atoms with Gasteiger partial charge in [-0.3, -0.25) is 9.69 Å². The number of nitrogens with zero attached hydrogens (tertiary/aromatic N) is 2. The summed E-state index contributed by atoms with van der Waals surface area (Å²) in [5, 5.41) is 10.9. The molecule has 6 heteroatoms. The Bertz CT molecular complexity index is 575. The van der Waals surface area contributed by atoms with Crippen molar-refractivity contribution in [1.82, 2.24) is 9.80 Å². The van der Waals surface area contributed by atoms with Crippen LogP contribution in [0.4, 0.5) is 4.39 Å². The zero-order valence-corrected chi connectivity index (χ0v) is 13.9. The van der Waals surface area contributed by atoms with Gasteiger partial charge < -0.3 is 14.7 Å². The number of rotatable bonds is 4. The first-order chi connectivity index (χ1) is 11.6. The number of β-amino-alcohol motifs (C(OH)–C–C–N with tert-alkyl or cyclic N) is 1. The van der Waals surface area contributed by atoms with Crippen molar-refractivity contribution < 1.29 is 19.0 Å². The molecule has 1 N–H and O–H groups in total. The minimum Gasteiger partial charge on any atom is -0.380 e. The lowest BCUT2D eigenvalue weighted by Crippen LogP contribution is -2.58. The molecule has 132 valence electrons. The minimum absolute atomic E-state index is 0.205. The average molecular weight is 336 g/mol. The molecule has 0 aromatic heterocycles. The molecule has 2 aliphatic heterocycles. The summed E-state index contributed by atoms with van der Waals surface area (Å²) in [6.45, 7) is 3.98. The van der Waals surface area contributed by atoms with Gasteiger partial charge in [-0.15, -0.1) is 0 Å².